The Hall–Kier alpha value is -2.22. The van der Waals surface area contributed by atoms with Crippen LogP contribution in [0.15, 0.2) is 22.8 Å². The molecule has 0 spiro atoms. The van der Waals surface area contributed by atoms with E-state index >= 15 is 0 Å². The summed E-state index contributed by atoms with van der Waals surface area (Å²) < 4.78 is 95.5. The average molecular weight is 530 g/mol. The molecule has 2 aliphatic rings. The molecule has 188 valence electrons. The van der Waals surface area contributed by atoms with Crippen LogP contribution in [0.1, 0.15) is 34.3 Å². The second-order valence-electron chi connectivity index (χ2n) is 8.35. The van der Waals surface area contributed by atoms with Crippen LogP contribution in [0.2, 0.25) is 0 Å². The number of thiophene rings is 1. The molecule has 1 amide bonds. The van der Waals surface area contributed by atoms with E-state index in [9.17, 15) is 35.3 Å². The van der Waals surface area contributed by atoms with Gasteiger partial charge in [0.2, 0.25) is 5.91 Å². The average Bonchev–Trinajstić information content (AvgIpc) is 3.42. The number of carbonyl (C=O) groups is 1. The van der Waals surface area contributed by atoms with E-state index in [2.05, 4.69) is 10.9 Å². The van der Waals surface area contributed by atoms with Gasteiger partial charge >= 0.3 is 12.4 Å². The summed E-state index contributed by atoms with van der Waals surface area (Å²) in [5.74, 6) is 3.56. The minimum Gasteiger partial charge on any atom is -0.431 e. The molecule has 2 aromatic heterocycles. The van der Waals surface area contributed by atoms with Crippen LogP contribution < -0.4 is 4.90 Å². The smallest absolute Gasteiger partial charge is 0.431 e. The van der Waals surface area contributed by atoms with Gasteiger partial charge in [0.05, 0.1) is 6.04 Å². The maximum atomic E-state index is 13.3. The van der Waals surface area contributed by atoms with Gasteiger partial charge in [-0.2, -0.15) is 31.3 Å². The number of piperazine rings is 1. The Morgan fingerprint density at radius 1 is 1.12 bits per heavy atom. The number of carbonyl (C=O) groups excluding carboxylic acids is 1. The molecule has 0 aromatic carbocycles. The van der Waals surface area contributed by atoms with Gasteiger partial charge in [0, 0.05) is 41.9 Å². The second-order valence-corrected chi connectivity index (χ2v) is 12.2. The molecular weight excluding hydrogens is 508 g/mol. The van der Waals surface area contributed by atoms with Crippen molar-refractivity contribution in [2.75, 3.05) is 36.0 Å². The Morgan fingerprint density at radius 3 is 2.35 bits per heavy atom. The molecule has 1 atom stereocenters. The third-order valence-electron chi connectivity index (χ3n) is 5.98. The summed E-state index contributed by atoms with van der Waals surface area (Å²) in [5, 5.41) is 0. The molecule has 2 fully saturated rings. The van der Waals surface area contributed by atoms with Gasteiger partial charge in [-0.15, -0.1) is 11.3 Å². The predicted molar refractivity (Wildman–Crippen MR) is 115 cm³/mol. The van der Waals surface area contributed by atoms with E-state index in [1.54, 1.807) is 0 Å². The van der Waals surface area contributed by atoms with E-state index in [1.165, 1.54) is 15.9 Å². The molecule has 2 aromatic rings. The molecule has 0 saturated carbocycles. The Morgan fingerprint density at radius 2 is 1.79 bits per heavy atom. The van der Waals surface area contributed by atoms with Gasteiger partial charge < -0.3 is 14.2 Å². The highest BCUT2D eigenvalue weighted by molar-refractivity contribution is 8.00. The second kappa shape index (κ2) is 8.77. The molecule has 4 heterocycles. The first-order valence-electron chi connectivity index (χ1n) is 10.3. The topological polar surface area (TPSA) is 66.7 Å². The van der Waals surface area contributed by atoms with Crippen LogP contribution >= 0.6 is 11.3 Å². The van der Waals surface area contributed by atoms with Gasteiger partial charge in [0.25, 0.3) is 6.01 Å². The molecule has 2 saturated heterocycles. The van der Waals surface area contributed by atoms with Crippen LogP contribution in [0.4, 0.5) is 32.4 Å². The molecule has 14 heteroatoms. The lowest BCUT2D eigenvalue weighted by Crippen LogP contribution is -2.52. The van der Waals surface area contributed by atoms with Crippen molar-refractivity contribution in [3.63, 3.8) is 0 Å². The summed E-state index contributed by atoms with van der Waals surface area (Å²) in [4.78, 5) is 19.1. The lowest BCUT2D eigenvalue weighted by atomic mass is 9.98. The van der Waals surface area contributed by atoms with Crippen LogP contribution in [0.5, 0.6) is 0 Å². The van der Waals surface area contributed by atoms with Gasteiger partial charge in [-0.3, -0.25) is 9.00 Å². The van der Waals surface area contributed by atoms with Gasteiger partial charge in [-0.25, -0.2) is 0 Å². The summed E-state index contributed by atoms with van der Waals surface area (Å²) in [5.41, 5.74) is -1.22. The van der Waals surface area contributed by atoms with E-state index in [0.29, 0.717) is 41.9 Å². The van der Waals surface area contributed by atoms with Gasteiger partial charge in [0.15, 0.2) is 5.69 Å². The van der Waals surface area contributed by atoms with E-state index in [-0.39, 0.29) is 36.4 Å². The number of nitrogens with zero attached hydrogens (tertiary/aromatic N) is 3. The van der Waals surface area contributed by atoms with Crippen molar-refractivity contribution in [3.8, 4) is 0 Å². The number of aromatic nitrogens is 1. The lowest BCUT2D eigenvalue weighted by Gasteiger charge is -2.42. The maximum Gasteiger partial charge on any atom is 0.436 e. The largest absolute Gasteiger partial charge is 0.436 e. The summed E-state index contributed by atoms with van der Waals surface area (Å²) in [6.07, 6.45) is -8.06. The first kappa shape index (κ1) is 24.9. The Balaban J connectivity index is 1.60. The van der Waals surface area contributed by atoms with Gasteiger partial charge in [-0.05, 0) is 40.4 Å². The molecule has 1 unspecified atom stereocenters. The molecule has 34 heavy (non-hydrogen) atoms. The quantitative estimate of drug-likeness (QED) is 0.439. The Labute approximate surface area is 195 Å². The third kappa shape index (κ3) is 5.21. The molecule has 0 bridgehead atoms. The normalized spacial score (nSPS) is 26.6. The van der Waals surface area contributed by atoms with E-state index in [4.69, 9.17) is 4.42 Å². The van der Waals surface area contributed by atoms with E-state index < -0.39 is 44.4 Å². The number of alkyl halides is 6. The van der Waals surface area contributed by atoms with Gasteiger partial charge in [-0.1, -0.05) is 0 Å². The maximum absolute atomic E-state index is 13.3. The summed E-state index contributed by atoms with van der Waals surface area (Å²) in [7, 11) is -2.23. The SMILES string of the molecule is C=S1(=O)CCC(C(=O)N2CCN(c3nc(C(F)(F)F)co3)CC2c2ccc(C(F)(F)F)s2)CC1. The molecule has 6 nitrogen and oxygen atoms in total. The minimum absolute atomic E-state index is 0.0583. The monoisotopic (exact) mass is 529 g/mol. The van der Waals surface area contributed by atoms with Crippen molar-refractivity contribution in [2.45, 2.75) is 31.2 Å². The molecule has 4 rings (SSSR count). The third-order valence-corrected chi connectivity index (χ3v) is 9.17. The zero-order chi connectivity index (χ0) is 24.9. The summed E-state index contributed by atoms with van der Waals surface area (Å²) in [6.45, 7) is 0.0687. The Bertz CT molecular complexity index is 1140. The summed E-state index contributed by atoms with van der Waals surface area (Å²) in [6, 6.07) is 1.05. The number of rotatable bonds is 3. The molecule has 0 aliphatic carbocycles. The van der Waals surface area contributed by atoms with Crippen molar-refractivity contribution >= 4 is 38.7 Å². The molecule has 0 N–H and O–H groups in total. The van der Waals surface area contributed by atoms with E-state index in [1.807, 2.05) is 0 Å². The van der Waals surface area contributed by atoms with Crippen molar-refractivity contribution in [2.24, 2.45) is 5.92 Å². The van der Waals surface area contributed by atoms with Crippen LogP contribution in [-0.4, -0.2) is 57.0 Å². The number of anilines is 1. The van der Waals surface area contributed by atoms with Crippen LogP contribution in [0, 0.1) is 5.92 Å². The van der Waals surface area contributed by atoms with E-state index in [0.717, 1.165) is 6.07 Å². The number of amides is 1. The number of hydrogen-bond acceptors (Lipinski definition) is 6. The number of hydrogen-bond donors (Lipinski definition) is 0. The van der Waals surface area contributed by atoms with Crippen molar-refractivity contribution in [3.05, 3.63) is 33.8 Å². The lowest BCUT2D eigenvalue weighted by molar-refractivity contribution is -0.141. The van der Waals surface area contributed by atoms with Crippen LogP contribution in [0.3, 0.4) is 0 Å². The van der Waals surface area contributed by atoms with Crippen molar-refractivity contribution in [1.82, 2.24) is 9.88 Å². The molecular formula is C20H21F6N3O3S2. The Kier molecular flexibility index (Phi) is 6.42. The fourth-order valence-electron chi connectivity index (χ4n) is 4.13. The van der Waals surface area contributed by atoms with Crippen molar-refractivity contribution in [1.29, 1.82) is 0 Å². The zero-order valence-electron chi connectivity index (χ0n) is 17.7. The molecule has 0 radical (unpaired) electrons. The first-order valence-corrected chi connectivity index (χ1v) is 13.2. The van der Waals surface area contributed by atoms with Crippen molar-refractivity contribution < 1.29 is 39.8 Å². The van der Waals surface area contributed by atoms with Gasteiger partial charge in [0.1, 0.15) is 11.1 Å². The number of oxazole rings is 1. The highest BCUT2D eigenvalue weighted by Gasteiger charge is 2.41. The molecule has 2 aliphatic heterocycles. The highest BCUT2D eigenvalue weighted by Crippen LogP contribution is 2.40. The predicted octanol–water partition coefficient (Wildman–Crippen LogP) is 4.29. The van der Waals surface area contributed by atoms with Crippen LogP contribution in [-0.2, 0) is 26.7 Å². The zero-order valence-corrected chi connectivity index (χ0v) is 19.3. The fraction of sp³-hybridized carbons (Fsp3) is 0.550. The standard InChI is InChI=1S/C20H21F6N3O3S2/c1-34(31)8-4-12(5-9-34)17(30)29-7-6-28(18-27-15(11-32-18)19(21,22)23)10-13(29)14-2-3-16(33-14)20(24,25)26/h2-3,11-13H,1,4-10H2. The van der Waals surface area contributed by atoms with Crippen LogP contribution in [0.25, 0.3) is 0 Å². The highest BCUT2D eigenvalue weighted by atomic mass is 32.2. The number of halogens is 6. The summed E-state index contributed by atoms with van der Waals surface area (Å²) >= 11 is 0.488. The first-order chi connectivity index (χ1) is 15.7. The fourth-order valence-corrected chi connectivity index (χ4v) is 6.74. The minimum atomic E-state index is -4.71.